The van der Waals surface area contributed by atoms with Crippen molar-refractivity contribution in [2.24, 2.45) is 0 Å². The third-order valence-corrected chi connectivity index (χ3v) is 3.18. The van der Waals surface area contributed by atoms with Gasteiger partial charge >= 0.3 is 0 Å². The highest BCUT2D eigenvalue weighted by atomic mass is 15.1. The van der Waals surface area contributed by atoms with E-state index in [9.17, 15) is 0 Å². The van der Waals surface area contributed by atoms with Crippen LogP contribution in [0.1, 0.15) is 24.5 Å². The normalized spacial score (nSPS) is 10.3. The predicted molar refractivity (Wildman–Crippen MR) is 79.0 cm³/mol. The largest absolute Gasteiger partial charge is 0.370 e. The molecule has 1 heteroatoms. The van der Waals surface area contributed by atoms with Gasteiger partial charge in [-0.05, 0) is 23.6 Å². The molecule has 0 aliphatic heterocycles. The van der Waals surface area contributed by atoms with E-state index in [0.29, 0.717) is 0 Å². The minimum absolute atomic E-state index is 0.960. The highest BCUT2D eigenvalue weighted by Crippen LogP contribution is 2.22. The van der Waals surface area contributed by atoms with Crippen LogP contribution < -0.4 is 4.90 Å². The first-order valence-electron chi connectivity index (χ1n) is 6.64. The van der Waals surface area contributed by atoms with Crippen LogP contribution in [0.5, 0.6) is 0 Å². The number of nitrogens with zero attached hydrogens (tertiary/aromatic N) is 1. The average molecular weight is 239 g/mol. The van der Waals surface area contributed by atoms with Crippen molar-refractivity contribution in [3.63, 3.8) is 0 Å². The van der Waals surface area contributed by atoms with Gasteiger partial charge in [0, 0.05) is 19.3 Å². The van der Waals surface area contributed by atoms with Crippen LogP contribution in [0, 0.1) is 0 Å². The number of hydrogen-bond donors (Lipinski definition) is 0. The van der Waals surface area contributed by atoms with Crippen molar-refractivity contribution in [1.82, 2.24) is 0 Å². The summed E-state index contributed by atoms with van der Waals surface area (Å²) in [5.74, 6) is 0. The molecule has 0 spiro atoms. The zero-order valence-electron chi connectivity index (χ0n) is 11.3. The van der Waals surface area contributed by atoms with Gasteiger partial charge in [-0.25, -0.2) is 0 Å². The molecule has 2 aromatic carbocycles. The molecule has 0 bridgehead atoms. The van der Waals surface area contributed by atoms with Crippen molar-refractivity contribution in [2.75, 3.05) is 11.9 Å². The van der Waals surface area contributed by atoms with E-state index in [4.69, 9.17) is 0 Å². The SMILES string of the molecule is CCCc1ccccc1N(C)Cc1ccccc1. The van der Waals surface area contributed by atoms with E-state index in [1.807, 2.05) is 0 Å². The van der Waals surface area contributed by atoms with Crippen molar-refractivity contribution >= 4 is 5.69 Å². The van der Waals surface area contributed by atoms with Crippen LogP contribution in [0.3, 0.4) is 0 Å². The maximum atomic E-state index is 2.33. The van der Waals surface area contributed by atoms with Crippen molar-refractivity contribution < 1.29 is 0 Å². The second kappa shape index (κ2) is 6.25. The Kier molecular flexibility index (Phi) is 4.40. The van der Waals surface area contributed by atoms with E-state index >= 15 is 0 Å². The lowest BCUT2D eigenvalue weighted by molar-refractivity contribution is 0.876. The summed E-state index contributed by atoms with van der Waals surface area (Å²) in [6.07, 6.45) is 2.34. The average Bonchev–Trinajstić information content (AvgIpc) is 2.41. The summed E-state index contributed by atoms with van der Waals surface area (Å²) in [5.41, 5.74) is 4.15. The molecule has 1 nitrogen and oxygen atoms in total. The molecular weight excluding hydrogens is 218 g/mol. The highest BCUT2D eigenvalue weighted by molar-refractivity contribution is 5.53. The highest BCUT2D eigenvalue weighted by Gasteiger charge is 2.06. The van der Waals surface area contributed by atoms with Crippen molar-refractivity contribution in [1.29, 1.82) is 0 Å². The molecule has 0 radical (unpaired) electrons. The Morgan fingerprint density at radius 3 is 2.28 bits per heavy atom. The maximum absolute atomic E-state index is 2.33. The van der Waals surface area contributed by atoms with Gasteiger partial charge in [-0.3, -0.25) is 0 Å². The van der Waals surface area contributed by atoms with Gasteiger partial charge in [0.25, 0.3) is 0 Å². The van der Waals surface area contributed by atoms with Crippen LogP contribution in [0.25, 0.3) is 0 Å². The van der Waals surface area contributed by atoms with Crippen LogP contribution in [0.15, 0.2) is 54.6 Å². The molecule has 0 fully saturated rings. The van der Waals surface area contributed by atoms with E-state index in [1.165, 1.54) is 23.2 Å². The summed E-state index contributed by atoms with van der Waals surface area (Å²) in [6, 6.07) is 19.3. The van der Waals surface area contributed by atoms with Crippen LogP contribution >= 0.6 is 0 Å². The second-order valence-electron chi connectivity index (χ2n) is 4.72. The lowest BCUT2D eigenvalue weighted by atomic mass is 10.1. The molecule has 2 aromatic rings. The third kappa shape index (κ3) is 3.13. The van der Waals surface area contributed by atoms with Crippen LogP contribution in [0.2, 0.25) is 0 Å². The molecule has 18 heavy (non-hydrogen) atoms. The molecule has 0 aliphatic carbocycles. The number of hydrogen-bond acceptors (Lipinski definition) is 1. The Labute approximate surface area is 110 Å². The number of aryl methyl sites for hydroxylation is 1. The summed E-state index contributed by atoms with van der Waals surface area (Å²) in [4.78, 5) is 2.33. The summed E-state index contributed by atoms with van der Waals surface area (Å²) in [7, 11) is 2.17. The monoisotopic (exact) mass is 239 g/mol. The Morgan fingerprint density at radius 1 is 0.889 bits per heavy atom. The van der Waals surface area contributed by atoms with Crippen molar-refractivity contribution in [2.45, 2.75) is 26.3 Å². The summed E-state index contributed by atoms with van der Waals surface area (Å²) in [6.45, 7) is 3.19. The van der Waals surface area contributed by atoms with Gasteiger partial charge in [0.15, 0.2) is 0 Å². The predicted octanol–water partition coefficient (Wildman–Crippen LogP) is 4.28. The summed E-state index contributed by atoms with van der Waals surface area (Å²) in [5, 5.41) is 0. The molecule has 0 atom stereocenters. The van der Waals surface area contributed by atoms with E-state index in [0.717, 1.165) is 13.0 Å². The minimum atomic E-state index is 0.960. The number of benzene rings is 2. The third-order valence-electron chi connectivity index (χ3n) is 3.18. The van der Waals surface area contributed by atoms with E-state index in [2.05, 4.69) is 73.5 Å². The molecule has 0 amide bonds. The Bertz CT molecular complexity index is 476. The molecule has 2 rings (SSSR count). The van der Waals surface area contributed by atoms with E-state index < -0.39 is 0 Å². The molecule has 0 N–H and O–H groups in total. The van der Waals surface area contributed by atoms with Gasteiger partial charge in [0.05, 0.1) is 0 Å². The molecule has 0 aliphatic rings. The van der Waals surface area contributed by atoms with Crippen LogP contribution in [-0.4, -0.2) is 7.05 Å². The fourth-order valence-electron chi connectivity index (χ4n) is 2.31. The van der Waals surface area contributed by atoms with Gasteiger partial charge in [-0.2, -0.15) is 0 Å². The van der Waals surface area contributed by atoms with Crippen LogP contribution in [-0.2, 0) is 13.0 Å². The molecule has 0 saturated heterocycles. The van der Waals surface area contributed by atoms with Crippen molar-refractivity contribution in [3.05, 3.63) is 65.7 Å². The van der Waals surface area contributed by atoms with E-state index in [1.54, 1.807) is 0 Å². The van der Waals surface area contributed by atoms with Gasteiger partial charge in [0.2, 0.25) is 0 Å². The first-order chi connectivity index (χ1) is 8.81. The molecule has 0 heterocycles. The summed E-state index contributed by atoms with van der Waals surface area (Å²) >= 11 is 0. The lowest BCUT2D eigenvalue weighted by Crippen LogP contribution is -2.17. The standard InChI is InChI=1S/C17H21N/c1-3-9-16-12-7-8-13-17(16)18(2)14-15-10-5-4-6-11-15/h4-8,10-13H,3,9,14H2,1-2H3. The Morgan fingerprint density at radius 2 is 1.56 bits per heavy atom. The molecule has 0 unspecified atom stereocenters. The Balaban J connectivity index is 2.16. The van der Waals surface area contributed by atoms with Gasteiger partial charge in [0.1, 0.15) is 0 Å². The molecular formula is C17H21N. The second-order valence-corrected chi connectivity index (χ2v) is 4.72. The molecule has 0 aromatic heterocycles. The van der Waals surface area contributed by atoms with Crippen molar-refractivity contribution in [3.8, 4) is 0 Å². The first kappa shape index (κ1) is 12.7. The van der Waals surface area contributed by atoms with Gasteiger partial charge in [-0.15, -0.1) is 0 Å². The smallest absolute Gasteiger partial charge is 0.0426 e. The maximum Gasteiger partial charge on any atom is 0.0426 e. The lowest BCUT2D eigenvalue weighted by Gasteiger charge is -2.22. The number of para-hydroxylation sites is 1. The molecule has 0 saturated carbocycles. The quantitative estimate of drug-likeness (QED) is 0.753. The van der Waals surface area contributed by atoms with Gasteiger partial charge in [-0.1, -0.05) is 61.9 Å². The first-order valence-corrected chi connectivity index (χ1v) is 6.64. The minimum Gasteiger partial charge on any atom is -0.370 e. The number of rotatable bonds is 5. The zero-order chi connectivity index (χ0) is 12.8. The van der Waals surface area contributed by atoms with Crippen LogP contribution in [0.4, 0.5) is 5.69 Å². The fraction of sp³-hybridized carbons (Fsp3) is 0.294. The van der Waals surface area contributed by atoms with Gasteiger partial charge < -0.3 is 4.90 Å². The number of anilines is 1. The van der Waals surface area contributed by atoms with E-state index in [-0.39, 0.29) is 0 Å². The topological polar surface area (TPSA) is 3.24 Å². The zero-order valence-corrected chi connectivity index (χ0v) is 11.3. The fourth-order valence-corrected chi connectivity index (χ4v) is 2.31. The summed E-state index contributed by atoms with van der Waals surface area (Å²) < 4.78 is 0. The molecule has 94 valence electrons. The Hall–Kier alpha value is -1.76.